The molecule has 7 nitrogen and oxygen atoms in total. The van der Waals surface area contributed by atoms with Crippen LogP contribution in [0, 0.1) is 0 Å². The van der Waals surface area contributed by atoms with Crippen LogP contribution >= 0.6 is 11.6 Å². The van der Waals surface area contributed by atoms with Gasteiger partial charge in [0.1, 0.15) is 0 Å². The summed E-state index contributed by atoms with van der Waals surface area (Å²) in [5.41, 5.74) is 1.31. The van der Waals surface area contributed by atoms with E-state index in [0.29, 0.717) is 19.1 Å². The van der Waals surface area contributed by atoms with Crippen LogP contribution in [0.3, 0.4) is 0 Å². The minimum Gasteiger partial charge on any atom is -0.377 e. The van der Waals surface area contributed by atoms with E-state index in [2.05, 4.69) is 26.4 Å². The minimum absolute atomic E-state index is 0.0119. The third-order valence-corrected chi connectivity index (χ3v) is 7.16. The van der Waals surface area contributed by atoms with Crippen LogP contribution in [-0.2, 0) is 20.2 Å². The Bertz CT molecular complexity index is 806. The molecule has 1 aromatic rings. The maximum atomic E-state index is 12.2. The van der Waals surface area contributed by atoms with Gasteiger partial charge in [-0.1, -0.05) is 23.7 Å². The van der Waals surface area contributed by atoms with Crippen molar-refractivity contribution in [3.05, 3.63) is 34.9 Å². The van der Waals surface area contributed by atoms with Crippen molar-refractivity contribution in [1.82, 2.24) is 15.4 Å². The Hall–Kier alpha value is -1.35. The molecule has 0 amide bonds. The zero-order valence-corrected chi connectivity index (χ0v) is 18.5. The van der Waals surface area contributed by atoms with Gasteiger partial charge in [0.25, 0.3) is 0 Å². The van der Waals surface area contributed by atoms with Crippen molar-refractivity contribution in [1.29, 1.82) is 0 Å². The molecule has 0 bridgehead atoms. The van der Waals surface area contributed by atoms with Gasteiger partial charge in [0, 0.05) is 43.7 Å². The van der Waals surface area contributed by atoms with E-state index in [-0.39, 0.29) is 23.8 Å². The molecule has 1 atom stereocenters. The zero-order chi connectivity index (χ0) is 20.7. The number of hydrogen-bond donors (Lipinski definition) is 3. The number of rotatable bonds is 9. The summed E-state index contributed by atoms with van der Waals surface area (Å²) < 4.78 is 32.6. The first-order chi connectivity index (χ1) is 13.9. The fraction of sp³-hybridized carbons (Fsp3) is 0.650. The summed E-state index contributed by atoms with van der Waals surface area (Å²) in [5.74, 6) is 0.587. The Labute approximate surface area is 178 Å². The van der Waals surface area contributed by atoms with Gasteiger partial charge in [-0.05, 0) is 49.8 Å². The number of halogens is 1. The molecule has 1 aromatic carbocycles. The van der Waals surface area contributed by atoms with Crippen molar-refractivity contribution in [2.24, 2.45) is 4.99 Å². The van der Waals surface area contributed by atoms with Gasteiger partial charge in [-0.15, -0.1) is 0 Å². The van der Waals surface area contributed by atoms with Crippen LogP contribution in [-0.4, -0.2) is 59.5 Å². The highest BCUT2D eigenvalue weighted by Crippen LogP contribution is 2.48. The highest BCUT2D eigenvalue weighted by Gasteiger charge is 2.44. The summed E-state index contributed by atoms with van der Waals surface area (Å²) in [6, 6.07) is 7.97. The molecule has 0 aromatic heterocycles. The molecule has 1 saturated heterocycles. The number of aliphatic imine (C=N–C) groups is 1. The molecule has 1 unspecified atom stereocenters. The number of ether oxygens (including phenoxy) is 1. The number of guanidine groups is 1. The lowest BCUT2D eigenvalue weighted by Crippen LogP contribution is -2.44. The fourth-order valence-electron chi connectivity index (χ4n) is 3.57. The van der Waals surface area contributed by atoms with Gasteiger partial charge in [-0.3, -0.25) is 4.99 Å². The smallest absolute Gasteiger partial charge is 0.213 e. The first kappa shape index (κ1) is 22.3. The zero-order valence-electron chi connectivity index (χ0n) is 16.9. The molecule has 2 aliphatic rings. The summed E-state index contributed by atoms with van der Waals surface area (Å²) in [7, 11) is -1.67. The fourth-order valence-corrected chi connectivity index (χ4v) is 4.72. The summed E-state index contributed by atoms with van der Waals surface area (Å²) in [4.78, 5) is 4.20. The van der Waals surface area contributed by atoms with Gasteiger partial charge >= 0.3 is 0 Å². The largest absolute Gasteiger partial charge is 0.377 e. The van der Waals surface area contributed by atoms with Crippen LogP contribution in [0.4, 0.5) is 0 Å². The first-order valence-corrected chi connectivity index (χ1v) is 12.2. The predicted octanol–water partition coefficient (Wildman–Crippen LogP) is 2.03. The van der Waals surface area contributed by atoms with E-state index < -0.39 is 10.0 Å². The highest BCUT2D eigenvalue weighted by atomic mass is 35.5. The van der Waals surface area contributed by atoms with Crippen molar-refractivity contribution in [3.8, 4) is 0 Å². The lowest BCUT2D eigenvalue weighted by Gasteiger charge is -2.22. The summed E-state index contributed by atoms with van der Waals surface area (Å²) in [6.07, 6.45) is 5.23. The molecule has 0 spiro atoms. The molecule has 162 valence electrons. The maximum absolute atomic E-state index is 12.2. The second-order valence-corrected chi connectivity index (χ2v) is 10.2. The molecule has 1 aliphatic heterocycles. The summed E-state index contributed by atoms with van der Waals surface area (Å²) in [6.45, 7) is 2.08. The average Bonchev–Trinajstić information content (AvgIpc) is 3.51. The van der Waals surface area contributed by atoms with Crippen LogP contribution in [0.25, 0.3) is 0 Å². The number of sulfonamides is 1. The minimum atomic E-state index is -3.35. The number of hydrogen-bond acceptors (Lipinski definition) is 4. The Kier molecular flexibility index (Phi) is 7.79. The van der Waals surface area contributed by atoms with E-state index in [0.717, 1.165) is 43.7 Å². The normalized spacial score (nSPS) is 21.6. The highest BCUT2D eigenvalue weighted by molar-refractivity contribution is 7.89. The van der Waals surface area contributed by atoms with Gasteiger partial charge in [0.15, 0.2) is 5.96 Å². The molecule has 3 N–H and O–H groups in total. The standard InChI is InChI=1S/C20H31ClN4O3S/c1-22-19(24-15-20(8-9-20)16-5-4-6-17(21)13-16)23-10-12-29(26,27)25-14-18-7-2-3-11-28-18/h4-6,13,18,25H,2-3,7-12,14-15H2,1H3,(H2,22,23,24). The Morgan fingerprint density at radius 2 is 2.14 bits per heavy atom. The van der Waals surface area contributed by atoms with Crippen molar-refractivity contribution in [3.63, 3.8) is 0 Å². The third-order valence-electron chi connectivity index (χ3n) is 5.58. The van der Waals surface area contributed by atoms with E-state index in [4.69, 9.17) is 16.3 Å². The molecule has 0 radical (unpaired) electrons. The first-order valence-electron chi connectivity index (χ1n) is 10.2. The van der Waals surface area contributed by atoms with Gasteiger partial charge in [-0.2, -0.15) is 0 Å². The molecular weight excluding hydrogens is 412 g/mol. The molecule has 1 aliphatic carbocycles. The van der Waals surface area contributed by atoms with Crippen LogP contribution in [0.15, 0.2) is 29.3 Å². The lowest BCUT2D eigenvalue weighted by molar-refractivity contribution is 0.0200. The molecule has 1 heterocycles. The quantitative estimate of drug-likeness (QED) is 0.402. The van der Waals surface area contributed by atoms with Crippen molar-refractivity contribution in [2.45, 2.75) is 43.6 Å². The number of nitrogens with one attached hydrogen (secondary N) is 3. The van der Waals surface area contributed by atoms with Crippen molar-refractivity contribution < 1.29 is 13.2 Å². The topological polar surface area (TPSA) is 91.8 Å². The van der Waals surface area contributed by atoms with E-state index in [1.165, 1.54) is 5.56 Å². The van der Waals surface area contributed by atoms with E-state index in [9.17, 15) is 8.42 Å². The monoisotopic (exact) mass is 442 g/mol. The van der Waals surface area contributed by atoms with Crippen LogP contribution in [0.5, 0.6) is 0 Å². The lowest BCUT2D eigenvalue weighted by atomic mass is 9.96. The second-order valence-electron chi connectivity index (χ2n) is 7.80. The van der Waals surface area contributed by atoms with Crippen LogP contribution in [0.1, 0.15) is 37.7 Å². The third kappa shape index (κ3) is 6.84. The molecular formula is C20H31ClN4O3S. The molecule has 2 fully saturated rings. The maximum Gasteiger partial charge on any atom is 0.213 e. The molecule has 3 rings (SSSR count). The summed E-state index contributed by atoms with van der Waals surface area (Å²) in [5, 5.41) is 7.15. The van der Waals surface area contributed by atoms with E-state index >= 15 is 0 Å². The second kappa shape index (κ2) is 10.1. The molecule has 29 heavy (non-hydrogen) atoms. The van der Waals surface area contributed by atoms with E-state index in [1.54, 1.807) is 7.05 Å². The van der Waals surface area contributed by atoms with Crippen LogP contribution < -0.4 is 15.4 Å². The van der Waals surface area contributed by atoms with Gasteiger partial charge < -0.3 is 15.4 Å². The van der Waals surface area contributed by atoms with Crippen LogP contribution in [0.2, 0.25) is 5.02 Å². The Morgan fingerprint density at radius 3 is 2.79 bits per heavy atom. The SMILES string of the molecule is CN=C(NCCS(=O)(=O)NCC1CCCCO1)NCC1(c2cccc(Cl)c2)CC1. The molecule has 9 heteroatoms. The molecule has 1 saturated carbocycles. The van der Waals surface area contributed by atoms with Gasteiger partial charge in [0.2, 0.25) is 10.0 Å². The van der Waals surface area contributed by atoms with Gasteiger partial charge in [0.05, 0.1) is 11.9 Å². The Morgan fingerprint density at radius 1 is 1.31 bits per heavy atom. The average molecular weight is 443 g/mol. The predicted molar refractivity (Wildman–Crippen MR) is 117 cm³/mol. The van der Waals surface area contributed by atoms with Crippen molar-refractivity contribution >= 4 is 27.6 Å². The summed E-state index contributed by atoms with van der Waals surface area (Å²) >= 11 is 6.13. The van der Waals surface area contributed by atoms with Crippen molar-refractivity contribution in [2.75, 3.05) is 39.0 Å². The Balaban J connectivity index is 1.40. The number of benzene rings is 1. The van der Waals surface area contributed by atoms with E-state index in [1.807, 2.05) is 18.2 Å². The number of nitrogens with zero attached hydrogens (tertiary/aromatic N) is 1. The van der Waals surface area contributed by atoms with Gasteiger partial charge in [-0.25, -0.2) is 13.1 Å².